The molecule has 0 aliphatic carbocycles. The Morgan fingerprint density at radius 3 is 0.619 bits per heavy atom. The van der Waals surface area contributed by atoms with E-state index in [-0.39, 0.29) is 13.4 Å². The number of nitrogens with two attached hydrogens (primary N) is 2. The van der Waals surface area contributed by atoms with Gasteiger partial charge < -0.3 is 72.8 Å². The molecular formula is C2H5N7O12. The van der Waals surface area contributed by atoms with Crippen LogP contribution in [0.5, 0.6) is 0 Å². The molecule has 19 heteroatoms. The first-order chi connectivity index (χ1) is 8.66. The van der Waals surface area contributed by atoms with Gasteiger partial charge in [0.15, 0.2) is 5.96 Å². The molecule has 0 aliphatic rings. The monoisotopic (exact) mass is 319 g/mol. The maximum Gasteiger partial charge on any atom is 4.00 e. The van der Waals surface area contributed by atoms with Gasteiger partial charge in [-0.2, -0.15) is 0 Å². The third-order valence-corrected chi connectivity index (χ3v) is 0. The largest absolute Gasteiger partial charge is 4.00 e. The van der Waals surface area contributed by atoms with E-state index in [2.05, 4.69) is 11.5 Å². The predicted molar refractivity (Wildman–Crippen MR) is 60.8 cm³/mol. The zero-order chi connectivity index (χ0) is 17.9. The van der Waals surface area contributed by atoms with Crippen LogP contribution in [0.15, 0.2) is 0 Å². The molecule has 0 saturated heterocycles. The van der Waals surface area contributed by atoms with Crippen molar-refractivity contribution in [3.63, 3.8) is 0 Å². The molecule has 0 bridgehead atoms. The number of hydrogen-bond donors (Lipinski definition) is 3. The molecule has 0 unspecified atom stereocenters. The average molecular weight is 319 g/mol. The van der Waals surface area contributed by atoms with Crippen LogP contribution >= 0.6 is 0 Å². The summed E-state index contributed by atoms with van der Waals surface area (Å²) in [7, 11) is 0. The molecule has 0 rings (SSSR count). The number of hydrogen-bond acceptors (Lipinski definition) is 13. The standard InChI is InChI=1S/CH5N3.C.4NO3/c2-1(3)4;;4*2-1(3)4/h(H5,2,3,4);;;;;/q;+4;4*-1. The minimum Gasteiger partial charge on any atom is -0.370 e. The zero-order valence-corrected chi connectivity index (χ0v) is 9.34. The van der Waals surface area contributed by atoms with Crippen molar-refractivity contribution < 1.29 is 20.3 Å². The normalized spacial score (nSPS) is 5.71. The second-order valence-electron chi connectivity index (χ2n) is 1.35. The van der Waals surface area contributed by atoms with Gasteiger partial charge in [-0.3, -0.25) is 5.41 Å². The van der Waals surface area contributed by atoms with Gasteiger partial charge >= 0.3 is 7.43 Å². The first-order valence-electron chi connectivity index (χ1n) is 3.02. The molecule has 0 atom stereocenters. The molecule has 0 aromatic heterocycles. The molecule has 0 amide bonds. The van der Waals surface area contributed by atoms with E-state index in [1.54, 1.807) is 0 Å². The summed E-state index contributed by atoms with van der Waals surface area (Å²) in [5.41, 5.74) is 8.94. The van der Waals surface area contributed by atoms with E-state index in [0.29, 0.717) is 0 Å². The van der Waals surface area contributed by atoms with Gasteiger partial charge in [-0.15, -0.1) is 0 Å². The average Bonchev–Trinajstić information content (AvgIpc) is 1.94. The van der Waals surface area contributed by atoms with Gasteiger partial charge in [0.25, 0.3) is 0 Å². The molecule has 0 heterocycles. The van der Waals surface area contributed by atoms with E-state index in [0.717, 1.165) is 0 Å². The van der Waals surface area contributed by atoms with E-state index in [4.69, 9.17) is 66.7 Å². The molecule has 0 spiro atoms. The fraction of sp³-hybridized carbons (Fsp3) is 0. The fourth-order valence-electron chi connectivity index (χ4n) is 0. The van der Waals surface area contributed by atoms with Gasteiger partial charge in [0.1, 0.15) is 0 Å². The number of rotatable bonds is 0. The summed E-state index contributed by atoms with van der Waals surface area (Å²) in [5.74, 6) is -0.333. The van der Waals surface area contributed by atoms with Crippen LogP contribution < -0.4 is 11.5 Å². The van der Waals surface area contributed by atoms with Crippen molar-refractivity contribution in [1.82, 2.24) is 0 Å². The van der Waals surface area contributed by atoms with Gasteiger partial charge in [0, 0.05) is 0 Å². The Balaban J connectivity index is -0.0000000331. The van der Waals surface area contributed by atoms with Crippen LogP contribution in [0, 0.1) is 74.1 Å². The van der Waals surface area contributed by atoms with Crippen molar-refractivity contribution in [1.29, 1.82) is 5.41 Å². The van der Waals surface area contributed by atoms with E-state index in [9.17, 15) is 0 Å². The van der Waals surface area contributed by atoms with Crippen molar-refractivity contribution in [2.24, 2.45) is 11.5 Å². The second-order valence-corrected chi connectivity index (χ2v) is 1.35. The topological polar surface area (TPSA) is 341 Å². The summed E-state index contributed by atoms with van der Waals surface area (Å²) >= 11 is 0. The number of nitrogens with zero attached hydrogens (tertiary/aromatic N) is 4. The summed E-state index contributed by atoms with van der Waals surface area (Å²) in [6.07, 6.45) is 0. The molecule has 120 valence electrons. The van der Waals surface area contributed by atoms with Crippen LogP contribution in [-0.4, -0.2) is 26.3 Å². The van der Waals surface area contributed by atoms with Crippen molar-refractivity contribution in [3.8, 4) is 0 Å². The van der Waals surface area contributed by atoms with Gasteiger partial charge in [-0.1, -0.05) is 0 Å². The van der Waals surface area contributed by atoms with Crippen molar-refractivity contribution in [2.75, 3.05) is 0 Å². The van der Waals surface area contributed by atoms with Crippen LogP contribution in [0.2, 0.25) is 0 Å². The first-order valence-corrected chi connectivity index (χ1v) is 3.02. The van der Waals surface area contributed by atoms with Crippen LogP contribution in [0.3, 0.4) is 0 Å². The molecule has 5 N–H and O–H groups in total. The van der Waals surface area contributed by atoms with E-state index < -0.39 is 20.3 Å². The van der Waals surface area contributed by atoms with Gasteiger partial charge in [-0.25, -0.2) is 0 Å². The molecule has 0 saturated carbocycles. The van der Waals surface area contributed by atoms with E-state index >= 15 is 0 Å². The van der Waals surface area contributed by atoms with E-state index in [1.807, 2.05) is 0 Å². The minimum atomic E-state index is -1.75. The third kappa shape index (κ3) is 206. The summed E-state index contributed by atoms with van der Waals surface area (Å²) in [6.45, 7) is 0. The minimum absolute atomic E-state index is 0. The Morgan fingerprint density at radius 2 is 0.619 bits per heavy atom. The van der Waals surface area contributed by atoms with Crippen LogP contribution in [0.25, 0.3) is 0 Å². The van der Waals surface area contributed by atoms with E-state index in [1.165, 1.54) is 0 Å². The molecule has 19 nitrogen and oxygen atoms in total. The van der Waals surface area contributed by atoms with Crippen molar-refractivity contribution in [3.05, 3.63) is 68.7 Å². The molecule has 0 aromatic rings. The molecule has 0 aromatic carbocycles. The fourth-order valence-corrected chi connectivity index (χ4v) is 0. The van der Waals surface area contributed by atoms with Crippen LogP contribution in [0.1, 0.15) is 0 Å². The maximum atomic E-state index is 8.25. The molecule has 0 aliphatic heterocycles. The zero-order valence-electron chi connectivity index (χ0n) is 9.34. The Bertz CT molecular complexity index is 212. The molecule has 0 fully saturated rings. The first kappa shape index (κ1) is 36.0. The van der Waals surface area contributed by atoms with Gasteiger partial charge in [0.05, 0.1) is 20.3 Å². The molecular weight excluding hydrogens is 314 g/mol. The second kappa shape index (κ2) is 29.8. The number of guanidine groups is 1. The SMILES string of the molecule is N=C(N)N.O=[N+]([O-])[O-].O=[N+]([O-])[O-].O=[N+]([O-])[O-].O=[N+]([O-])[O-].[C+4]. The van der Waals surface area contributed by atoms with Crippen molar-refractivity contribution in [2.45, 2.75) is 0 Å². The third-order valence-electron chi connectivity index (χ3n) is 0. The Morgan fingerprint density at radius 1 is 0.619 bits per heavy atom. The summed E-state index contributed by atoms with van der Waals surface area (Å²) in [6, 6.07) is 0. The Labute approximate surface area is 113 Å². The Hall–Kier alpha value is -3.93. The molecule has 21 heavy (non-hydrogen) atoms. The Kier molecular flexibility index (Phi) is 51.0. The van der Waals surface area contributed by atoms with Crippen molar-refractivity contribution >= 4 is 5.96 Å². The maximum absolute atomic E-state index is 8.25. The van der Waals surface area contributed by atoms with Crippen LogP contribution in [-0.2, 0) is 0 Å². The summed E-state index contributed by atoms with van der Waals surface area (Å²) in [5, 5.41) is 65.1. The summed E-state index contributed by atoms with van der Waals surface area (Å²) in [4.78, 5) is 33.0. The number of nitrogens with one attached hydrogen (secondary N) is 1. The predicted octanol–water partition coefficient (Wildman–Crippen LogP) is -2.04. The molecule has 0 radical (unpaired) electrons. The quantitative estimate of drug-likeness (QED) is 0.187. The summed E-state index contributed by atoms with van der Waals surface area (Å²) < 4.78 is 0. The smallest absolute Gasteiger partial charge is 0.370 e. The van der Waals surface area contributed by atoms with Crippen LogP contribution in [0.4, 0.5) is 0 Å². The van der Waals surface area contributed by atoms with Gasteiger partial charge in [0.2, 0.25) is 0 Å². The van der Waals surface area contributed by atoms with Gasteiger partial charge in [-0.05, 0) is 0 Å².